The maximum atomic E-state index is 12.6. The van der Waals surface area contributed by atoms with Crippen molar-refractivity contribution < 1.29 is 34.3 Å². The molecule has 3 rings (SSSR count). The lowest BCUT2D eigenvalue weighted by molar-refractivity contribution is -0.181. The molecule has 10 heteroatoms. The van der Waals surface area contributed by atoms with E-state index in [9.17, 15) is 20.1 Å². The molecular formula is C25H34N2O7S. The second-order valence-corrected chi connectivity index (χ2v) is 9.01. The number of carbonyl (C=O) groups is 1. The molecule has 2 unspecified atom stereocenters. The van der Waals surface area contributed by atoms with E-state index in [1.165, 1.54) is 0 Å². The molecule has 1 fully saturated rings. The number of anilines is 1. The van der Waals surface area contributed by atoms with Gasteiger partial charge in [-0.15, -0.1) is 0 Å². The minimum absolute atomic E-state index is 0.0590. The Morgan fingerprint density at radius 3 is 2.63 bits per heavy atom. The third-order valence-corrected chi connectivity index (χ3v) is 6.30. The third kappa shape index (κ3) is 7.57. The van der Waals surface area contributed by atoms with Gasteiger partial charge in [-0.3, -0.25) is 0 Å². The SMILES string of the molecule is CCCCNc1cc(C(=O)OCC)cc(SNC2O[C@H](CO)C(O)C[C@@H]2O)c1Oc1ccccc1. The van der Waals surface area contributed by atoms with Crippen molar-refractivity contribution in [2.45, 2.75) is 62.5 Å². The first kappa shape index (κ1) is 27.3. The van der Waals surface area contributed by atoms with Gasteiger partial charge in [0.05, 0.1) is 41.6 Å². The summed E-state index contributed by atoms with van der Waals surface area (Å²) in [5, 5.41) is 33.2. The highest BCUT2D eigenvalue weighted by atomic mass is 32.2. The van der Waals surface area contributed by atoms with Crippen LogP contribution in [0.4, 0.5) is 5.69 Å². The highest BCUT2D eigenvalue weighted by Crippen LogP contribution is 2.40. The van der Waals surface area contributed by atoms with Crippen molar-refractivity contribution in [3.63, 3.8) is 0 Å². The van der Waals surface area contributed by atoms with Crippen LogP contribution in [0, 0.1) is 0 Å². The molecule has 35 heavy (non-hydrogen) atoms. The largest absolute Gasteiger partial charge is 0.462 e. The van der Waals surface area contributed by atoms with Gasteiger partial charge in [-0.2, -0.15) is 0 Å². The Kier molecular flexibility index (Phi) is 10.6. The predicted octanol–water partition coefficient (Wildman–Crippen LogP) is 3.29. The summed E-state index contributed by atoms with van der Waals surface area (Å²) in [4.78, 5) is 13.2. The van der Waals surface area contributed by atoms with Gasteiger partial charge in [0.1, 0.15) is 18.1 Å². The summed E-state index contributed by atoms with van der Waals surface area (Å²) in [6, 6.07) is 12.7. The van der Waals surface area contributed by atoms with Gasteiger partial charge in [-0.05, 0) is 49.6 Å². The number of unbranched alkanes of at least 4 members (excludes halogenated alkanes) is 1. The molecule has 1 saturated heterocycles. The van der Waals surface area contributed by atoms with Crippen LogP contribution < -0.4 is 14.8 Å². The van der Waals surface area contributed by atoms with Crippen LogP contribution in [0.3, 0.4) is 0 Å². The molecule has 0 radical (unpaired) electrons. The van der Waals surface area contributed by atoms with Crippen molar-refractivity contribution in [2.24, 2.45) is 0 Å². The van der Waals surface area contributed by atoms with Gasteiger partial charge in [0, 0.05) is 13.0 Å². The standard InChI is InChI=1S/C25H34N2O7S/c1-3-5-11-26-18-12-16(25(31)32-4-2)13-22(23(18)33-17-9-7-6-8-10-17)35-27-24-20(30)14-19(29)21(15-28)34-24/h6-10,12-13,19-21,24,26-30H,3-5,11,14-15H2,1-2H3/t19?,20-,21+,24?/m0/s1. The zero-order chi connectivity index (χ0) is 25.2. The van der Waals surface area contributed by atoms with E-state index in [4.69, 9.17) is 14.2 Å². The number of para-hydroxylation sites is 1. The Morgan fingerprint density at radius 2 is 1.94 bits per heavy atom. The minimum atomic E-state index is -0.991. The monoisotopic (exact) mass is 506 g/mol. The second-order valence-electron chi connectivity index (χ2n) is 8.14. The van der Waals surface area contributed by atoms with Crippen LogP contribution in [0.1, 0.15) is 43.5 Å². The molecule has 9 nitrogen and oxygen atoms in total. The summed E-state index contributed by atoms with van der Waals surface area (Å²) in [5.41, 5.74) is 0.982. The first-order valence-corrected chi connectivity index (χ1v) is 12.6. The Hall–Kier alpha value is -2.34. The van der Waals surface area contributed by atoms with Crippen molar-refractivity contribution in [2.75, 3.05) is 25.1 Å². The summed E-state index contributed by atoms with van der Waals surface area (Å²) in [7, 11) is 0. The molecule has 5 N–H and O–H groups in total. The van der Waals surface area contributed by atoms with E-state index >= 15 is 0 Å². The summed E-state index contributed by atoms with van der Waals surface area (Å²) in [6.45, 7) is 4.40. The zero-order valence-electron chi connectivity index (χ0n) is 20.0. The molecule has 2 aromatic rings. The number of aliphatic hydroxyl groups is 3. The molecule has 0 saturated carbocycles. The quantitative estimate of drug-likeness (QED) is 0.166. The Morgan fingerprint density at radius 1 is 1.17 bits per heavy atom. The van der Waals surface area contributed by atoms with Gasteiger partial charge in [0.2, 0.25) is 0 Å². The van der Waals surface area contributed by atoms with E-state index in [1.54, 1.807) is 19.1 Å². The number of hydrogen-bond acceptors (Lipinski definition) is 10. The van der Waals surface area contributed by atoms with Crippen LogP contribution in [-0.4, -0.2) is 65.6 Å². The molecule has 0 aromatic heterocycles. The third-order valence-electron chi connectivity index (χ3n) is 5.42. The zero-order valence-corrected chi connectivity index (χ0v) is 20.8. The molecule has 0 bridgehead atoms. The summed E-state index contributed by atoms with van der Waals surface area (Å²) >= 11 is 1.12. The lowest BCUT2D eigenvalue weighted by atomic mass is 10.0. The van der Waals surface area contributed by atoms with Crippen LogP contribution in [-0.2, 0) is 9.47 Å². The van der Waals surface area contributed by atoms with Crippen LogP contribution in [0.5, 0.6) is 11.5 Å². The molecular weight excluding hydrogens is 472 g/mol. The number of hydrogen-bond donors (Lipinski definition) is 5. The maximum absolute atomic E-state index is 12.6. The van der Waals surface area contributed by atoms with Crippen molar-refractivity contribution in [1.29, 1.82) is 0 Å². The van der Waals surface area contributed by atoms with Gasteiger partial charge >= 0.3 is 5.97 Å². The van der Waals surface area contributed by atoms with E-state index in [-0.39, 0.29) is 19.6 Å². The first-order valence-electron chi connectivity index (χ1n) is 11.8. The Balaban J connectivity index is 1.93. The minimum Gasteiger partial charge on any atom is -0.462 e. The van der Waals surface area contributed by atoms with Crippen LogP contribution in [0.2, 0.25) is 0 Å². The highest BCUT2D eigenvalue weighted by molar-refractivity contribution is 7.97. The average Bonchev–Trinajstić information content (AvgIpc) is 2.85. The van der Waals surface area contributed by atoms with Gasteiger partial charge in [-0.1, -0.05) is 31.5 Å². The number of aliphatic hydroxyl groups excluding tert-OH is 3. The number of esters is 1. The molecule has 0 aliphatic carbocycles. The topological polar surface area (TPSA) is 130 Å². The number of carbonyl (C=O) groups excluding carboxylic acids is 1. The molecule has 0 spiro atoms. The van der Waals surface area contributed by atoms with Crippen molar-refractivity contribution in [3.8, 4) is 11.5 Å². The fourth-order valence-corrected chi connectivity index (χ4v) is 4.42. The second kappa shape index (κ2) is 13.7. The van der Waals surface area contributed by atoms with E-state index in [0.717, 1.165) is 24.8 Å². The van der Waals surface area contributed by atoms with Crippen molar-refractivity contribution in [3.05, 3.63) is 48.0 Å². The lowest BCUT2D eigenvalue weighted by Crippen LogP contribution is -2.52. The Bertz CT molecular complexity index is 947. The van der Waals surface area contributed by atoms with Gasteiger partial charge < -0.3 is 34.8 Å². The molecule has 1 aliphatic heterocycles. The number of rotatable bonds is 12. The van der Waals surface area contributed by atoms with Gasteiger partial charge in [0.15, 0.2) is 5.75 Å². The molecule has 2 aromatic carbocycles. The summed E-state index contributed by atoms with van der Waals surface area (Å²) in [6.07, 6.45) is -1.63. The van der Waals surface area contributed by atoms with Crippen LogP contribution in [0.15, 0.2) is 47.4 Å². The molecule has 0 amide bonds. The van der Waals surface area contributed by atoms with Crippen LogP contribution in [0.25, 0.3) is 0 Å². The normalized spacial score (nSPS) is 22.0. The number of benzene rings is 2. The van der Waals surface area contributed by atoms with E-state index in [1.807, 2.05) is 30.3 Å². The lowest BCUT2D eigenvalue weighted by Gasteiger charge is -2.36. The van der Waals surface area contributed by atoms with Gasteiger partial charge in [0.25, 0.3) is 0 Å². The van der Waals surface area contributed by atoms with Crippen LogP contribution >= 0.6 is 11.9 Å². The van der Waals surface area contributed by atoms with E-state index in [0.29, 0.717) is 34.2 Å². The van der Waals surface area contributed by atoms with Gasteiger partial charge in [-0.25, -0.2) is 9.52 Å². The fourth-order valence-electron chi connectivity index (χ4n) is 3.54. The number of ether oxygens (including phenoxy) is 3. The van der Waals surface area contributed by atoms with E-state index in [2.05, 4.69) is 17.0 Å². The van der Waals surface area contributed by atoms with Crippen molar-refractivity contribution >= 4 is 23.6 Å². The molecule has 4 atom stereocenters. The molecule has 1 heterocycles. The highest BCUT2D eigenvalue weighted by Gasteiger charge is 2.36. The smallest absolute Gasteiger partial charge is 0.338 e. The molecule has 1 aliphatic rings. The predicted molar refractivity (Wildman–Crippen MR) is 134 cm³/mol. The fraction of sp³-hybridized carbons (Fsp3) is 0.480. The average molecular weight is 507 g/mol. The summed E-state index contributed by atoms with van der Waals surface area (Å²) in [5.74, 6) is 0.660. The summed E-state index contributed by atoms with van der Waals surface area (Å²) < 4.78 is 20.1. The Labute approximate surface area is 209 Å². The first-order chi connectivity index (χ1) is 17.0. The van der Waals surface area contributed by atoms with Crippen molar-refractivity contribution in [1.82, 2.24) is 4.72 Å². The number of nitrogens with one attached hydrogen (secondary N) is 2. The maximum Gasteiger partial charge on any atom is 0.338 e. The molecule has 192 valence electrons. The van der Waals surface area contributed by atoms with E-state index < -0.39 is 30.5 Å².